The van der Waals surface area contributed by atoms with Crippen molar-refractivity contribution in [3.05, 3.63) is 53.6 Å². The van der Waals surface area contributed by atoms with E-state index in [1.54, 1.807) is 0 Å². The number of ether oxygens (including phenoxy) is 1. The number of hydrogen-bond acceptors (Lipinski definition) is 2. The van der Waals surface area contributed by atoms with E-state index in [-0.39, 0.29) is 0 Å². The van der Waals surface area contributed by atoms with Crippen LogP contribution in [0.1, 0.15) is 36.8 Å². The summed E-state index contributed by atoms with van der Waals surface area (Å²) in [6, 6.07) is 14.9. The van der Waals surface area contributed by atoms with Crippen LogP contribution in [0.4, 0.5) is 0 Å². The third kappa shape index (κ3) is 5.68. The largest absolute Gasteiger partial charge is 0.494 e. The maximum absolute atomic E-state index is 5.98. The molecule has 0 aromatic heterocycles. The number of hydrogen-bond donors (Lipinski definition) is 0. The normalized spacial score (nSPS) is 11.0. The van der Waals surface area contributed by atoms with Crippen LogP contribution in [0.25, 0.3) is 11.1 Å². The maximum Gasteiger partial charge on any atom is 0.119 e. The van der Waals surface area contributed by atoms with Crippen LogP contribution >= 0.6 is 0 Å². The van der Waals surface area contributed by atoms with Gasteiger partial charge in [-0.05, 0) is 81.7 Å². The Morgan fingerprint density at radius 3 is 2.08 bits per heavy atom. The molecular weight excluding hydrogens is 294 g/mol. The van der Waals surface area contributed by atoms with Gasteiger partial charge in [0.1, 0.15) is 5.75 Å². The zero-order chi connectivity index (χ0) is 17.4. The average molecular weight is 325 g/mol. The van der Waals surface area contributed by atoms with Crippen LogP contribution in [-0.4, -0.2) is 32.1 Å². The summed E-state index contributed by atoms with van der Waals surface area (Å²) in [6.45, 7) is 6.33. The second kappa shape index (κ2) is 9.48. The van der Waals surface area contributed by atoms with Gasteiger partial charge in [-0.25, -0.2) is 0 Å². The van der Waals surface area contributed by atoms with E-state index in [0.29, 0.717) is 0 Å². The minimum absolute atomic E-state index is 0.811. The Bertz CT molecular complexity index is 596. The molecule has 0 aliphatic rings. The molecule has 0 fully saturated rings. The molecule has 0 amide bonds. The van der Waals surface area contributed by atoms with Crippen molar-refractivity contribution in [2.45, 2.75) is 39.5 Å². The fourth-order valence-corrected chi connectivity index (χ4v) is 3.14. The molecule has 24 heavy (non-hydrogen) atoms. The van der Waals surface area contributed by atoms with Crippen molar-refractivity contribution in [3.63, 3.8) is 0 Å². The Labute approximate surface area is 147 Å². The molecule has 0 aliphatic heterocycles. The van der Waals surface area contributed by atoms with Gasteiger partial charge in [0.2, 0.25) is 0 Å². The predicted molar refractivity (Wildman–Crippen MR) is 104 cm³/mol. The second-order valence-electron chi connectivity index (χ2n) is 6.86. The third-order valence-electron chi connectivity index (χ3n) is 4.34. The van der Waals surface area contributed by atoms with Crippen LogP contribution in [0, 0.1) is 13.8 Å². The summed E-state index contributed by atoms with van der Waals surface area (Å²) in [5.41, 5.74) is 5.16. The molecule has 130 valence electrons. The van der Waals surface area contributed by atoms with Crippen molar-refractivity contribution in [2.24, 2.45) is 0 Å². The lowest BCUT2D eigenvalue weighted by Gasteiger charge is -2.14. The standard InChI is InChI=1S/C22H31NO/c1-18-16-21(24-15-11-6-5-10-14-23(3)4)17-19(2)22(18)20-12-8-7-9-13-20/h7-9,12-13,16-17H,5-6,10-11,14-15H2,1-4H3. The molecule has 0 heterocycles. The van der Waals surface area contributed by atoms with Crippen LogP contribution in [-0.2, 0) is 0 Å². The van der Waals surface area contributed by atoms with Gasteiger partial charge in [0, 0.05) is 0 Å². The summed E-state index contributed by atoms with van der Waals surface area (Å²) in [4.78, 5) is 2.25. The van der Waals surface area contributed by atoms with Gasteiger partial charge >= 0.3 is 0 Å². The molecule has 0 radical (unpaired) electrons. The van der Waals surface area contributed by atoms with Gasteiger partial charge in [-0.3, -0.25) is 0 Å². The summed E-state index contributed by atoms with van der Waals surface area (Å²) in [6.07, 6.45) is 4.93. The van der Waals surface area contributed by atoms with Crippen LogP contribution in [0.3, 0.4) is 0 Å². The van der Waals surface area contributed by atoms with E-state index in [2.05, 4.69) is 75.3 Å². The zero-order valence-corrected chi connectivity index (χ0v) is 15.6. The minimum atomic E-state index is 0.811. The summed E-state index contributed by atoms with van der Waals surface area (Å²) < 4.78 is 5.98. The minimum Gasteiger partial charge on any atom is -0.494 e. The molecule has 2 heteroatoms. The van der Waals surface area contributed by atoms with E-state index in [1.807, 2.05) is 0 Å². The third-order valence-corrected chi connectivity index (χ3v) is 4.34. The molecule has 0 saturated heterocycles. The topological polar surface area (TPSA) is 12.5 Å². The summed E-state index contributed by atoms with van der Waals surface area (Å²) in [5, 5.41) is 0. The van der Waals surface area contributed by atoms with Crippen molar-refractivity contribution in [1.82, 2.24) is 4.90 Å². The van der Waals surface area contributed by atoms with Crippen LogP contribution in [0.5, 0.6) is 5.75 Å². The first-order valence-electron chi connectivity index (χ1n) is 9.02. The molecule has 0 spiro atoms. The number of rotatable bonds is 9. The van der Waals surface area contributed by atoms with E-state index in [0.717, 1.165) is 18.8 Å². The molecule has 0 aliphatic carbocycles. The number of unbranched alkanes of at least 4 members (excludes halogenated alkanes) is 3. The Morgan fingerprint density at radius 2 is 1.46 bits per heavy atom. The molecule has 2 aromatic carbocycles. The summed E-state index contributed by atoms with van der Waals surface area (Å²) >= 11 is 0. The highest BCUT2D eigenvalue weighted by Gasteiger charge is 2.08. The van der Waals surface area contributed by atoms with Gasteiger partial charge in [-0.1, -0.05) is 43.2 Å². The highest BCUT2D eigenvalue weighted by Crippen LogP contribution is 2.30. The highest BCUT2D eigenvalue weighted by atomic mass is 16.5. The van der Waals surface area contributed by atoms with Crippen molar-refractivity contribution in [2.75, 3.05) is 27.2 Å². The smallest absolute Gasteiger partial charge is 0.119 e. The fourth-order valence-electron chi connectivity index (χ4n) is 3.14. The van der Waals surface area contributed by atoms with Crippen molar-refractivity contribution >= 4 is 0 Å². The van der Waals surface area contributed by atoms with Crippen LogP contribution in [0.2, 0.25) is 0 Å². The Morgan fingerprint density at radius 1 is 0.833 bits per heavy atom. The molecule has 2 rings (SSSR count). The Hall–Kier alpha value is -1.80. The van der Waals surface area contributed by atoms with Crippen LogP contribution in [0.15, 0.2) is 42.5 Å². The van der Waals surface area contributed by atoms with Crippen molar-refractivity contribution in [3.8, 4) is 16.9 Å². The molecule has 2 aromatic rings. The molecule has 0 atom stereocenters. The first-order chi connectivity index (χ1) is 11.6. The number of nitrogens with zero attached hydrogens (tertiary/aromatic N) is 1. The monoisotopic (exact) mass is 325 g/mol. The molecule has 0 saturated carbocycles. The lowest BCUT2D eigenvalue weighted by atomic mass is 9.95. The average Bonchev–Trinajstić information content (AvgIpc) is 2.54. The first kappa shape index (κ1) is 18.5. The maximum atomic E-state index is 5.98. The number of aryl methyl sites for hydroxylation is 2. The summed E-state index contributed by atoms with van der Waals surface area (Å²) in [7, 11) is 4.26. The molecule has 0 unspecified atom stereocenters. The predicted octanol–water partition coefficient (Wildman–Crippen LogP) is 5.47. The van der Waals surface area contributed by atoms with Gasteiger partial charge in [0.25, 0.3) is 0 Å². The first-order valence-corrected chi connectivity index (χ1v) is 9.02. The van der Waals surface area contributed by atoms with E-state index in [4.69, 9.17) is 4.74 Å². The summed E-state index contributed by atoms with van der Waals surface area (Å²) in [5.74, 6) is 0.998. The fraction of sp³-hybridized carbons (Fsp3) is 0.455. The van der Waals surface area contributed by atoms with Gasteiger partial charge in [-0.15, -0.1) is 0 Å². The Balaban J connectivity index is 1.85. The van der Waals surface area contributed by atoms with E-state index >= 15 is 0 Å². The van der Waals surface area contributed by atoms with Gasteiger partial charge in [0.15, 0.2) is 0 Å². The van der Waals surface area contributed by atoms with Crippen LogP contribution < -0.4 is 4.74 Å². The van der Waals surface area contributed by atoms with E-state index in [1.165, 1.54) is 48.1 Å². The molecular formula is C22H31NO. The van der Waals surface area contributed by atoms with Crippen molar-refractivity contribution in [1.29, 1.82) is 0 Å². The Kier molecular flexibility index (Phi) is 7.33. The van der Waals surface area contributed by atoms with E-state index < -0.39 is 0 Å². The highest BCUT2D eigenvalue weighted by molar-refractivity contribution is 5.71. The molecule has 0 bridgehead atoms. The number of benzene rings is 2. The zero-order valence-electron chi connectivity index (χ0n) is 15.6. The molecule has 0 N–H and O–H groups in total. The quantitative estimate of drug-likeness (QED) is 0.567. The lowest BCUT2D eigenvalue weighted by molar-refractivity contribution is 0.301. The van der Waals surface area contributed by atoms with Crippen molar-refractivity contribution < 1.29 is 4.74 Å². The van der Waals surface area contributed by atoms with Gasteiger partial charge in [-0.2, -0.15) is 0 Å². The second-order valence-corrected chi connectivity index (χ2v) is 6.86. The lowest BCUT2D eigenvalue weighted by Crippen LogP contribution is -2.12. The van der Waals surface area contributed by atoms with Gasteiger partial charge < -0.3 is 9.64 Å². The van der Waals surface area contributed by atoms with Gasteiger partial charge in [0.05, 0.1) is 6.61 Å². The SMILES string of the molecule is Cc1cc(OCCCCCCN(C)C)cc(C)c1-c1ccccc1. The van der Waals surface area contributed by atoms with E-state index in [9.17, 15) is 0 Å². The molecule has 2 nitrogen and oxygen atoms in total.